The van der Waals surface area contributed by atoms with Gasteiger partial charge in [-0.15, -0.1) is 0 Å². The van der Waals surface area contributed by atoms with Gasteiger partial charge in [-0.25, -0.2) is 13.8 Å². The molecule has 2 aromatic rings. The van der Waals surface area contributed by atoms with Crippen LogP contribution in [0.4, 0.5) is 14.6 Å². The first-order valence-electron chi connectivity index (χ1n) is 10.9. The first kappa shape index (κ1) is 21.0. The Hall–Kier alpha value is -1.84. The van der Waals surface area contributed by atoms with Crippen LogP contribution in [0.2, 0.25) is 5.15 Å². The lowest BCUT2D eigenvalue weighted by Crippen LogP contribution is -2.50. The van der Waals surface area contributed by atoms with Crippen LogP contribution in [0.1, 0.15) is 38.5 Å². The van der Waals surface area contributed by atoms with E-state index < -0.39 is 18.1 Å². The monoisotopic (exact) mass is 453 g/mol. The van der Waals surface area contributed by atoms with E-state index in [1.807, 2.05) is 0 Å². The number of halogens is 3. The predicted molar refractivity (Wildman–Crippen MR) is 113 cm³/mol. The predicted octanol–water partition coefficient (Wildman–Crippen LogP) is 3.13. The molecule has 3 saturated heterocycles. The van der Waals surface area contributed by atoms with Gasteiger partial charge >= 0.3 is 6.01 Å². The van der Waals surface area contributed by atoms with Crippen molar-refractivity contribution in [3.8, 4) is 6.01 Å². The SMILES string of the molecule is O[C@]1(CF)CCCN(c2nc(OCC34CCCN3CCC4)nc3c(F)c(Cl)ncc23)C1. The molecule has 31 heavy (non-hydrogen) atoms. The maximum Gasteiger partial charge on any atom is 0.319 e. The molecule has 168 valence electrons. The molecule has 10 heteroatoms. The smallest absolute Gasteiger partial charge is 0.319 e. The fourth-order valence-corrected chi connectivity index (χ4v) is 5.51. The fourth-order valence-electron chi connectivity index (χ4n) is 5.37. The van der Waals surface area contributed by atoms with E-state index in [4.69, 9.17) is 16.3 Å². The molecule has 5 heterocycles. The van der Waals surface area contributed by atoms with Gasteiger partial charge in [0.05, 0.1) is 17.5 Å². The Morgan fingerprint density at radius 2 is 1.87 bits per heavy atom. The molecule has 0 saturated carbocycles. The van der Waals surface area contributed by atoms with Crippen LogP contribution in [0, 0.1) is 5.82 Å². The molecular weight excluding hydrogens is 428 g/mol. The van der Waals surface area contributed by atoms with E-state index in [0.717, 1.165) is 38.8 Å². The van der Waals surface area contributed by atoms with E-state index in [2.05, 4.69) is 19.9 Å². The van der Waals surface area contributed by atoms with Gasteiger partial charge in [-0.2, -0.15) is 9.97 Å². The normalized spacial score (nSPS) is 25.9. The number of alkyl halides is 1. The lowest BCUT2D eigenvalue weighted by Gasteiger charge is -2.38. The number of ether oxygens (including phenoxy) is 1. The molecule has 0 radical (unpaired) electrons. The van der Waals surface area contributed by atoms with Gasteiger partial charge in [-0.3, -0.25) is 4.90 Å². The van der Waals surface area contributed by atoms with Crippen molar-refractivity contribution in [2.24, 2.45) is 0 Å². The van der Waals surface area contributed by atoms with Crippen molar-refractivity contribution in [2.45, 2.75) is 49.7 Å². The lowest BCUT2D eigenvalue weighted by molar-refractivity contribution is 0.00302. The van der Waals surface area contributed by atoms with Gasteiger partial charge in [0.15, 0.2) is 11.0 Å². The molecule has 7 nitrogen and oxygen atoms in total. The summed E-state index contributed by atoms with van der Waals surface area (Å²) in [5.41, 5.74) is -1.45. The zero-order chi connectivity index (χ0) is 21.6. The van der Waals surface area contributed by atoms with Crippen molar-refractivity contribution < 1.29 is 18.6 Å². The minimum Gasteiger partial charge on any atom is -0.461 e. The van der Waals surface area contributed by atoms with Crippen LogP contribution in [0.3, 0.4) is 0 Å². The van der Waals surface area contributed by atoms with Crippen LogP contribution < -0.4 is 9.64 Å². The Morgan fingerprint density at radius 1 is 1.13 bits per heavy atom. The van der Waals surface area contributed by atoms with Gasteiger partial charge in [-0.05, 0) is 51.6 Å². The molecule has 3 aliphatic heterocycles. The van der Waals surface area contributed by atoms with E-state index in [1.165, 1.54) is 6.20 Å². The van der Waals surface area contributed by atoms with Crippen molar-refractivity contribution in [3.05, 3.63) is 17.2 Å². The molecule has 1 N–H and O–H groups in total. The number of nitrogens with zero attached hydrogens (tertiary/aromatic N) is 5. The highest BCUT2D eigenvalue weighted by Gasteiger charge is 2.45. The fraction of sp³-hybridized carbons (Fsp3) is 0.667. The van der Waals surface area contributed by atoms with Gasteiger partial charge in [-0.1, -0.05) is 11.6 Å². The molecule has 0 bridgehead atoms. The molecule has 1 atom stereocenters. The number of hydrogen-bond donors (Lipinski definition) is 1. The lowest BCUT2D eigenvalue weighted by atomic mass is 9.94. The third-order valence-electron chi connectivity index (χ3n) is 6.99. The third kappa shape index (κ3) is 3.70. The summed E-state index contributed by atoms with van der Waals surface area (Å²) in [6.45, 7) is 2.32. The number of hydrogen-bond acceptors (Lipinski definition) is 7. The van der Waals surface area contributed by atoms with E-state index in [1.54, 1.807) is 4.90 Å². The molecule has 3 aliphatic rings. The number of aliphatic hydroxyl groups is 1. The Kier molecular flexibility index (Phi) is 5.38. The van der Waals surface area contributed by atoms with Crippen molar-refractivity contribution in [3.63, 3.8) is 0 Å². The van der Waals surface area contributed by atoms with Gasteiger partial charge < -0.3 is 14.7 Å². The molecule has 5 rings (SSSR count). The molecular formula is C21H26ClF2N5O2. The average molecular weight is 454 g/mol. The van der Waals surface area contributed by atoms with Crippen LogP contribution in [-0.2, 0) is 0 Å². The maximum absolute atomic E-state index is 14.8. The second-order valence-corrected chi connectivity index (χ2v) is 9.40. The van der Waals surface area contributed by atoms with E-state index in [0.29, 0.717) is 37.2 Å². The topological polar surface area (TPSA) is 74.6 Å². The summed E-state index contributed by atoms with van der Waals surface area (Å²) in [6.07, 6.45) is 6.77. The second-order valence-electron chi connectivity index (χ2n) is 9.05. The van der Waals surface area contributed by atoms with Gasteiger partial charge in [0, 0.05) is 12.7 Å². The Labute approximate surface area is 184 Å². The number of fused-ring (bicyclic) bond motifs is 2. The quantitative estimate of drug-likeness (QED) is 0.697. The number of anilines is 1. The molecule has 0 spiro atoms. The summed E-state index contributed by atoms with van der Waals surface area (Å²) < 4.78 is 34.3. The van der Waals surface area contributed by atoms with Crippen LogP contribution in [0.15, 0.2) is 6.20 Å². The molecule has 0 aromatic carbocycles. The van der Waals surface area contributed by atoms with Gasteiger partial charge in [0.2, 0.25) is 0 Å². The summed E-state index contributed by atoms with van der Waals surface area (Å²) in [7, 11) is 0. The number of piperidine rings is 1. The van der Waals surface area contributed by atoms with E-state index >= 15 is 0 Å². The number of pyridine rings is 1. The van der Waals surface area contributed by atoms with Crippen molar-refractivity contribution in [2.75, 3.05) is 44.4 Å². The Morgan fingerprint density at radius 3 is 2.61 bits per heavy atom. The Bertz CT molecular complexity index is 986. The minimum atomic E-state index is -1.46. The summed E-state index contributed by atoms with van der Waals surface area (Å²) in [4.78, 5) is 17.0. The first-order chi connectivity index (χ1) is 14.9. The highest BCUT2D eigenvalue weighted by atomic mass is 35.5. The average Bonchev–Trinajstić information content (AvgIpc) is 3.35. The highest BCUT2D eigenvalue weighted by Crippen LogP contribution is 2.39. The van der Waals surface area contributed by atoms with Crippen molar-refractivity contribution >= 4 is 28.3 Å². The largest absolute Gasteiger partial charge is 0.461 e. The Balaban J connectivity index is 1.51. The van der Waals surface area contributed by atoms with Gasteiger partial charge in [0.1, 0.15) is 30.2 Å². The van der Waals surface area contributed by atoms with Crippen LogP contribution in [-0.4, -0.2) is 75.6 Å². The first-order valence-corrected chi connectivity index (χ1v) is 11.2. The van der Waals surface area contributed by atoms with Crippen molar-refractivity contribution in [1.82, 2.24) is 19.9 Å². The van der Waals surface area contributed by atoms with Crippen LogP contribution >= 0.6 is 11.6 Å². The maximum atomic E-state index is 14.8. The second kappa shape index (κ2) is 7.94. The summed E-state index contributed by atoms with van der Waals surface area (Å²) in [5.74, 6) is -0.367. The summed E-state index contributed by atoms with van der Waals surface area (Å²) in [5, 5.41) is 10.6. The number of aromatic nitrogens is 3. The summed E-state index contributed by atoms with van der Waals surface area (Å²) in [6, 6.07) is 0.0613. The van der Waals surface area contributed by atoms with Gasteiger partial charge in [0.25, 0.3) is 0 Å². The third-order valence-corrected chi connectivity index (χ3v) is 7.25. The van der Waals surface area contributed by atoms with Crippen LogP contribution in [0.25, 0.3) is 10.9 Å². The standard InChI is InChI=1S/C21H26ClF2N5O2/c22-17-15(24)16-14(10-25-17)18(28-7-3-6-21(30,11-23)12-28)27-19(26-16)31-13-20-4-1-8-29(20)9-2-5-20/h10,30H,1-9,11-13H2/t21-/m0/s1. The van der Waals surface area contributed by atoms with Crippen LogP contribution in [0.5, 0.6) is 6.01 Å². The van der Waals surface area contributed by atoms with E-state index in [9.17, 15) is 13.9 Å². The zero-order valence-electron chi connectivity index (χ0n) is 17.3. The summed E-state index contributed by atoms with van der Waals surface area (Å²) >= 11 is 5.90. The molecule has 0 aliphatic carbocycles. The molecule has 2 aromatic heterocycles. The molecule has 3 fully saturated rings. The number of β-amino-alcohol motifs (C(OH)–C–C–N with tert-alkyl or cyclic N) is 1. The van der Waals surface area contributed by atoms with Crippen molar-refractivity contribution in [1.29, 1.82) is 0 Å². The molecule has 0 amide bonds. The number of rotatable bonds is 5. The zero-order valence-corrected chi connectivity index (χ0v) is 18.0. The highest BCUT2D eigenvalue weighted by molar-refractivity contribution is 6.30. The van der Waals surface area contributed by atoms with E-state index in [-0.39, 0.29) is 28.8 Å². The molecule has 0 unspecified atom stereocenters. The minimum absolute atomic E-state index is 0.00742.